The van der Waals surface area contributed by atoms with Crippen LogP contribution in [-0.4, -0.2) is 36.8 Å². The van der Waals surface area contributed by atoms with Crippen LogP contribution in [0.5, 0.6) is 0 Å². The van der Waals surface area contributed by atoms with E-state index in [1.54, 1.807) is 7.05 Å². The highest BCUT2D eigenvalue weighted by atomic mass is 16.3. The molecule has 1 aliphatic rings. The van der Waals surface area contributed by atoms with E-state index in [4.69, 9.17) is 0 Å². The Morgan fingerprint density at radius 2 is 2.06 bits per heavy atom. The number of aliphatic hydroxyl groups is 1. The van der Waals surface area contributed by atoms with Crippen molar-refractivity contribution in [2.45, 2.75) is 52.0 Å². The Balaban J connectivity index is 2.58. The third kappa shape index (κ3) is 4.25. The van der Waals surface area contributed by atoms with Crippen molar-refractivity contribution in [3.8, 4) is 0 Å². The number of nitrogens with one attached hydrogen (secondary N) is 2. The van der Waals surface area contributed by atoms with Gasteiger partial charge in [-0.25, -0.2) is 0 Å². The van der Waals surface area contributed by atoms with Crippen LogP contribution in [0.3, 0.4) is 0 Å². The van der Waals surface area contributed by atoms with Crippen LogP contribution < -0.4 is 10.6 Å². The Hall–Kier alpha value is -0.610. The average Bonchev–Trinajstić information content (AvgIpc) is 2.26. The molecule has 0 aromatic heterocycles. The number of hydrogen-bond donors (Lipinski definition) is 3. The van der Waals surface area contributed by atoms with Crippen molar-refractivity contribution in [3.63, 3.8) is 0 Å². The van der Waals surface area contributed by atoms with Gasteiger partial charge in [-0.15, -0.1) is 0 Å². The molecule has 0 aromatic carbocycles. The second-order valence-electron chi connectivity index (χ2n) is 6.64. The molecule has 2 unspecified atom stereocenters. The van der Waals surface area contributed by atoms with Crippen LogP contribution in [0.25, 0.3) is 0 Å². The standard InChI is InChI=1S/C14H28N2O2/c1-11-7-13(2,3)9-14(8-11,10-17)16-6-5-12(18)15-4/h11,16-17H,5-10H2,1-4H3,(H,15,18). The van der Waals surface area contributed by atoms with E-state index < -0.39 is 0 Å². The highest BCUT2D eigenvalue weighted by Crippen LogP contribution is 2.43. The third-order valence-electron chi connectivity index (χ3n) is 3.89. The van der Waals surface area contributed by atoms with E-state index in [9.17, 15) is 9.90 Å². The molecule has 1 saturated carbocycles. The van der Waals surface area contributed by atoms with Gasteiger partial charge in [-0.2, -0.15) is 0 Å². The van der Waals surface area contributed by atoms with Gasteiger partial charge >= 0.3 is 0 Å². The lowest BCUT2D eigenvalue weighted by Crippen LogP contribution is -2.55. The molecule has 4 heteroatoms. The number of carbonyl (C=O) groups is 1. The summed E-state index contributed by atoms with van der Waals surface area (Å²) in [5.74, 6) is 0.645. The molecule has 0 saturated heterocycles. The summed E-state index contributed by atoms with van der Waals surface area (Å²) in [5, 5.41) is 15.8. The van der Waals surface area contributed by atoms with Crippen molar-refractivity contribution in [2.24, 2.45) is 11.3 Å². The zero-order valence-electron chi connectivity index (χ0n) is 12.2. The van der Waals surface area contributed by atoms with Crippen LogP contribution in [-0.2, 0) is 4.79 Å². The van der Waals surface area contributed by atoms with E-state index in [0.717, 1.165) is 12.8 Å². The van der Waals surface area contributed by atoms with Crippen LogP contribution >= 0.6 is 0 Å². The van der Waals surface area contributed by atoms with Crippen LogP contribution in [0.1, 0.15) is 46.5 Å². The summed E-state index contributed by atoms with van der Waals surface area (Å²) in [5.41, 5.74) is 0.0373. The van der Waals surface area contributed by atoms with E-state index in [1.165, 1.54) is 6.42 Å². The molecule has 4 nitrogen and oxygen atoms in total. The molecular formula is C14H28N2O2. The summed E-state index contributed by atoms with van der Waals surface area (Å²) in [6.45, 7) is 7.53. The second kappa shape index (κ2) is 6.02. The van der Waals surface area contributed by atoms with E-state index in [0.29, 0.717) is 18.9 Å². The van der Waals surface area contributed by atoms with Gasteiger partial charge in [0, 0.05) is 25.6 Å². The topological polar surface area (TPSA) is 61.4 Å². The highest BCUT2D eigenvalue weighted by Gasteiger charge is 2.42. The molecule has 0 bridgehead atoms. The van der Waals surface area contributed by atoms with Gasteiger partial charge in [0.1, 0.15) is 0 Å². The smallest absolute Gasteiger partial charge is 0.221 e. The lowest BCUT2D eigenvalue weighted by Gasteiger charge is -2.47. The number of aliphatic hydroxyl groups excluding tert-OH is 1. The molecule has 106 valence electrons. The first-order valence-electron chi connectivity index (χ1n) is 6.89. The predicted molar refractivity (Wildman–Crippen MR) is 73.3 cm³/mol. The highest BCUT2D eigenvalue weighted by molar-refractivity contribution is 5.75. The fourth-order valence-corrected chi connectivity index (χ4v) is 3.62. The van der Waals surface area contributed by atoms with Gasteiger partial charge in [-0.05, 0) is 30.6 Å². The van der Waals surface area contributed by atoms with E-state index in [-0.39, 0.29) is 23.5 Å². The Kier molecular flexibility index (Phi) is 5.17. The second-order valence-corrected chi connectivity index (χ2v) is 6.64. The lowest BCUT2D eigenvalue weighted by atomic mass is 9.64. The van der Waals surface area contributed by atoms with Gasteiger partial charge in [-0.1, -0.05) is 20.8 Å². The number of rotatable bonds is 5. The monoisotopic (exact) mass is 256 g/mol. The minimum absolute atomic E-state index is 0.0405. The summed E-state index contributed by atoms with van der Waals surface area (Å²) >= 11 is 0. The van der Waals surface area contributed by atoms with Crippen molar-refractivity contribution in [1.82, 2.24) is 10.6 Å². The average molecular weight is 256 g/mol. The largest absolute Gasteiger partial charge is 0.394 e. The number of hydrogen-bond acceptors (Lipinski definition) is 3. The third-order valence-corrected chi connectivity index (χ3v) is 3.89. The molecular weight excluding hydrogens is 228 g/mol. The Bertz CT molecular complexity index is 292. The predicted octanol–water partition coefficient (Wildman–Crippen LogP) is 1.29. The van der Waals surface area contributed by atoms with Gasteiger partial charge in [-0.3, -0.25) is 4.79 Å². The summed E-state index contributed by atoms with van der Waals surface area (Å²) in [6.07, 6.45) is 3.62. The van der Waals surface area contributed by atoms with Gasteiger partial charge < -0.3 is 15.7 Å². The van der Waals surface area contributed by atoms with Crippen molar-refractivity contribution >= 4 is 5.91 Å². The normalized spacial score (nSPS) is 31.1. The van der Waals surface area contributed by atoms with Crippen LogP contribution in [0.4, 0.5) is 0 Å². The Labute approximate surface area is 111 Å². The van der Waals surface area contributed by atoms with E-state index in [1.807, 2.05) is 0 Å². The molecule has 1 fully saturated rings. The molecule has 0 radical (unpaired) electrons. The van der Waals surface area contributed by atoms with Crippen molar-refractivity contribution in [2.75, 3.05) is 20.2 Å². The first-order valence-corrected chi connectivity index (χ1v) is 6.89. The molecule has 1 rings (SSSR count). The molecule has 0 aliphatic heterocycles. The molecule has 18 heavy (non-hydrogen) atoms. The summed E-state index contributed by atoms with van der Waals surface area (Å²) in [7, 11) is 1.65. The minimum atomic E-state index is -0.213. The molecule has 3 N–H and O–H groups in total. The summed E-state index contributed by atoms with van der Waals surface area (Å²) in [6, 6.07) is 0. The first kappa shape index (κ1) is 15.4. The van der Waals surface area contributed by atoms with Crippen LogP contribution in [0.2, 0.25) is 0 Å². The van der Waals surface area contributed by atoms with Crippen LogP contribution in [0, 0.1) is 11.3 Å². The van der Waals surface area contributed by atoms with Gasteiger partial charge in [0.25, 0.3) is 0 Å². The Morgan fingerprint density at radius 3 is 2.56 bits per heavy atom. The molecule has 1 amide bonds. The maximum Gasteiger partial charge on any atom is 0.221 e. The van der Waals surface area contributed by atoms with Crippen molar-refractivity contribution < 1.29 is 9.90 Å². The maximum atomic E-state index is 11.2. The van der Waals surface area contributed by atoms with Crippen molar-refractivity contribution in [3.05, 3.63) is 0 Å². The molecule has 0 heterocycles. The van der Waals surface area contributed by atoms with Gasteiger partial charge in [0.15, 0.2) is 0 Å². The van der Waals surface area contributed by atoms with E-state index >= 15 is 0 Å². The van der Waals surface area contributed by atoms with Gasteiger partial charge in [0.2, 0.25) is 5.91 Å². The van der Waals surface area contributed by atoms with Gasteiger partial charge in [0.05, 0.1) is 6.61 Å². The van der Waals surface area contributed by atoms with E-state index in [2.05, 4.69) is 31.4 Å². The summed E-state index contributed by atoms with van der Waals surface area (Å²) < 4.78 is 0. The number of carbonyl (C=O) groups excluding carboxylic acids is 1. The molecule has 0 spiro atoms. The quantitative estimate of drug-likeness (QED) is 0.694. The van der Waals surface area contributed by atoms with Crippen LogP contribution in [0.15, 0.2) is 0 Å². The summed E-state index contributed by atoms with van der Waals surface area (Å²) in [4.78, 5) is 11.2. The fourth-order valence-electron chi connectivity index (χ4n) is 3.62. The van der Waals surface area contributed by atoms with Crippen molar-refractivity contribution in [1.29, 1.82) is 0 Å². The minimum Gasteiger partial charge on any atom is -0.394 e. The molecule has 2 atom stereocenters. The number of amides is 1. The Morgan fingerprint density at radius 1 is 1.39 bits per heavy atom. The first-order chi connectivity index (χ1) is 8.32. The maximum absolute atomic E-state index is 11.2. The zero-order valence-corrected chi connectivity index (χ0v) is 12.2. The SMILES string of the molecule is CNC(=O)CCNC1(CO)CC(C)CC(C)(C)C1. The zero-order chi connectivity index (χ0) is 13.8. The lowest BCUT2D eigenvalue weighted by molar-refractivity contribution is -0.120. The molecule has 1 aliphatic carbocycles. The molecule has 0 aromatic rings. The fraction of sp³-hybridized carbons (Fsp3) is 0.929.